The van der Waals surface area contributed by atoms with Crippen LogP contribution in [0.15, 0.2) is 47.6 Å². The Labute approximate surface area is 291 Å². The summed E-state index contributed by atoms with van der Waals surface area (Å²) in [7, 11) is 0. The number of nitrogens with zero attached hydrogens (tertiary/aromatic N) is 3. The van der Waals surface area contributed by atoms with Crippen molar-refractivity contribution < 1.29 is 34.7 Å². The zero-order valence-corrected chi connectivity index (χ0v) is 30.6. The molecule has 0 saturated carbocycles. The van der Waals surface area contributed by atoms with Gasteiger partial charge in [-0.05, 0) is 58.8 Å². The zero-order chi connectivity index (χ0) is 34.7. The third-order valence-corrected chi connectivity index (χ3v) is 9.29. The maximum absolute atomic E-state index is 7.82. The van der Waals surface area contributed by atoms with Crippen LogP contribution in [0.3, 0.4) is 0 Å². The van der Waals surface area contributed by atoms with Crippen LogP contribution in [-0.2, 0) is 42.0 Å². The number of benzene rings is 3. The van der Waals surface area contributed by atoms with Crippen molar-refractivity contribution in [1.82, 2.24) is 9.55 Å². The molecule has 5 aromatic rings. The molecule has 0 unspecified atom stereocenters. The largest absolute Gasteiger partial charge is 2.00 e. The van der Waals surface area contributed by atoms with E-state index in [1.807, 2.05) is 25.3 Å². The minimum atomic E-state index is -2.24. The van der Waals surface area contributed by atoms with Crippen LogP contribution in [0.5, 0.6) is 11.5 Å². The van der Waals surface area contributed by atoms with Crippen molar-refractivity contribution in [3.63, 3.8) is 0 Å². The van der Waals surface area contributed by atoms with Crippen molar-refractivity contribution in [3.8, 4) is 17.2 Å². The van der Waals surface area contributed by atoms with Crippen LogP contribution in [0, 0.1) is 26.0 Å². The average Bonchev–Trinajstić information content (AvgIpc) is 3.60. The summed E-state index contributed by atoms with van der Waals surface area (Å²) in [5.74, 6) is 1.35. The Kier molecular flexibility index (Phi) is 6.76. The summed E-state index contributed by atoms with van der Waals surface area (Å²) in [5, 5.41) is 2.32. The van der Waals surface area contributed by atoms with E-state index >= 15 is 0 Å². The number of ether oxygens (including phenoxy) is 2. The van der Waals surface area contributed by atoms with Crippen molar-refractivity contribution >= 4 is 27.8 Å². The Hall–Kier alpha value is -3.43. The number of aliphatic imine (C=N–C) groups is 1. The van der Waals surface area contributed by atoms with E-state index in [4.69, 9.17) is 18.6 Å². The molecule has 1 atom stereocenters. The fraction of sp³-hybridized carbons (Fsp3) is 0.400. The van der Waals surface area contributed by atoms with Crippen LogP contribution >= 0.6 is 0 Å². The molecule has 0 bridgehead atoms. The molecule has 0 saturated heterocycles. The number of aryl methyl sites for hydroxylation is 2. The van der Waals surface area contributed by atoms with Crippen LogP contribution < -0.4 is 4.74 Å². The van der Waals surface area contributed by atoms with E-state index in [1.54, 1.807) is 0 Å². The van der Waals surface area contributed by atoms with Gasteiger partial charge in [0.2, 0.25) is 0 Å². The smallest absolute Gasteiger partial charge is 0.518 e. The molecule has 4 heterocycles. The van der Waals surface area contributed by atoms with Crippen LogP contribution in [0.1, 0.15) is 105 Å². The summed E-state index contributed by atoms with van der Waals surface area (Å²) in [6.07, 6.45) is 1.93. The Morgan fingerprint density at radius 2 is 1.65 bits per heavy atom. The number of fused-ring (bicyclic) bond motifs is 5. The fourth-order valence-corrected chi connectivity index (χ4v) is 6.56. The first kappa shape index (κ1) is 28.8. The Morgan fingerprint density at radius 3 is 2.33 bits per heavy atom. The molecule has 0 spiro atoms. The van der Waals surface area contributed by atoms with E-state index in [9.17, 15) is 0 Å². The molecule has 2 aromatic heterocycles. The first-order valence-electron chi connectivity index (χ1n) is 17.2. The van der Waals surface area contributed by atoms with Crippen LogP contribution in [-0.4, -0.2) is 28.1 Å². The van der Waals surface area contributed by atoms with Gasteiger partial charge in [0, 0.05) is 32.6 Å². The molecule has 7 rings (SSSR count). The molecule has 5 nitrogen and oxygen atoms in total. The molecule has 3 aromatic carbocycles. The second-order valence-electron chi connectivity index (χ2n) is 15.3. The molecular formula is C40H43N3O2Pt. The summed E-state index contributed by atoms with van der Waals surface area (Å²) in [6, 6.07) is 19.2. The zero-order valence-electron chi connectivity index (χ0n) is 31.3. The standard InChI is InChI=1S/C40H43N3O2.Pt/c1-22-12-30-29-17-27(39(7,8)9)18-32-35(29)43(36(30)41-20-22)33-19-34(23(2)13-31(33)40(32,10)11)45-28-15-25(37-42-24(3)21-44-37)14-26(16-28)38(4,5)6;/h12-14,16-18,20,24H,21H2,1-11H3;/q-2;+2/t24-;/m1./s1/i3D3;. The van der Waals surface area contributed by atoms with Crippen molar-refractivity contribution in [3.05, 3.63) is 93.7 Å². The molecule has 0 amide bonds. The van der Waals surface area contributed by atoms with Gasteiger partial charge in [-0.2, -0.15) is 6.07 Å². The van der Waals surface area contributed by atoms with Crippen molar-refractivity contribution in [2.75, 3.05) is 6.61 Å². The minimum absolute atomic E-state index is 0. The van der Waals surface area contributed by atoms with Gasteiger partial charge in [0.25, 0.3) is 0 Å². The van der Waals surface area contributed by atoms with E-state index in [0.717, 1.165) is 44.5 Å². The molecule has 2 aliphatic rings. The van der Waals surface area contributed by atoms with Gasteiger partial charge in [-0.25, -0.2) is 4.98 Å². The summed E-state index contributed by atoms with van der Waals surface area (Å²) in [4.78, 5) is 9.40. The average molecular weight is 796 g/mol. The second-order valence-corrected chi connectivity index (χ2v) is 15.3. The molecule has 2 aliphatic heterocycles. The Bertz CT molecular complexity index is 2180. The molecule has 240 valence electrons. The number of rotatable bonds is 3. The van der Waals surface area contributed by atoms with E-state index in [1.165, 1.54) is 16.5 Å². The first-order chi connectivity index (χ1) is 22.2. The molecule has 0 aliphatic carbocycles. The summed E-state index contributed by atoms with van der Waals surface area (Å²) < 4.78 is 38.2. The van der Waals surface area contributed by atoms with Gasteiger partial charge in [-0.1, -0.05) is 91.8 Å². The SMILES string of the molecule is [2H]C([2H])([2H])[C@@H]1COC(c2[c-]c(Oc3[c-]c4c(cc3C)C(C)(C)c3cc(C(C)(C)C)cc5c6cc(C)cnc6n-4c35)cc(C(C)(C)C)c2)=N1.[Pt+2]. The maximum atomic E-state index is 7.82. The Balaban J connectivity index is 0.00000417. The van der Waals surface area contributed by atoms with E-state index in [0.29, 0.717) is 17.1 Å². The van der Waals surface area contributed by atoms with Gasteiger partial charge < -0.3 is 14.0 Å². The quantitative estimate of drug-likeness (QED) is 0.171. The van der Waals surface area contributed by atoms with E-state index in [-0.39, 0.29) is 49.8 Å². The predicted molar refractivity (Wildman–Crippen MR) is 184 cm³/mol. The molecule has 0 radical (unpaired) electrons. The third-order valence-electron chi connectivity index (χ3n) is 9.29. The third kappa shape index (κ3) is 5.20. The number of hydrogen-bond donors (Lipinski definition) is 0. The normalized spacial score (nSPS) is 18.3. The number of aromatic nitrogens is 2. The monoisotopic (exact) mass is 795 g/mol. The van der Waals surface area contributed by atoms with Crippen LogP contribution in [0.2, 0.25) is 0 Å². The summed E-state index contributed by atoms with van der Waals surface area (Å²) >= 11 is 0. The van der Waals surface area contributed by atoms with Gasteiger partial charge in [0.1, 0.15) is 11.5 Å². The van der Waals surface area contributed by atoms with Crippen LogP contribution in [0.25, 0.3) is 27.6 Å². The number of pyridine rings is 1. The molecular weight excluding hydrogens is 750 g/mol. The first-order valence-corrected chi connectivity index (χ1v) is 15.7. The van der Waals surface area contributed by atoms with Gasteiger partial charge in [0.05, 0.1) is 18.2 Å². The molecule has 0 N–H and O–H groups in total. The van der Waals surface area contributed by atoms with Gasteiger partial charge in [-0.15, -0.1) is 28.8 Å². The second kappa shape index (κ2) is 10.8. The van der Waals surface area contributed by atoms with Crippen molar-refractivity contribution in [2.24, 2.45) is 4.99 Å². The molecule has 46 heavy (non-hydrogen) atoms. The predicted octanol–water partition coefficient (Wildman–Crippen LogP) is 9.59. The van der Waals surface area contributed by atoms with Crippen LogP contribution in [0.4, 0.5) is 0 Å². The topological polar surface area (TPSA) is 48.6 Å². The molecule has 0 fully saturated rings. The minimum Gasteiger partial charge on any atom is -0.518 e. The van der Waals surface area contributed by atoms with E-state index in [2.05, 4.69) is 108 Å². The van der Waals surface area contributed by atoms with Crippen molar-refractivity contribution in [1.29, 1.82) is 0 Å². The Morgan fingerprint density at radius 1 is 0.935 bits per heavy atom. The van der Waals surface area contributed by atoms with Gasteiger partial charge in [-0.3, -0.25) is 4.99 Å². The summed E-state index contributed by atoms with van der Waals surface area (Å²) in [6.45, 7) is 19.7. The number of hydrogen-bond acceptors (Lipinski definition) is 4. The van der Waals surface area contributed by atoms with Gasteiger partial charge >= 0.3 is 21.1 Å². The fourth-order valence-electron chi connectivity index (χ4n) is 6.56. The molecule has 6 heteroatoms. The van der Waals surface area contributed by atoms with E-state index < -0.39 is 12.9 Å². The summed E-state index contributed by atoms with van der Waals surface area (Å²) in [5.41, 5.74) is 9.78. The van der Waals surface area contributed by atoms with Gasteiger partial charge in [0.15, 0.2) is 0 Å². The van der Waals surface area contributed by atoms with Crippen molar-refractivity contribution in [2.45, 2.75) is 98.4 Å². The maximum Gasteiger partial charge on any atom is 2.00 e.